The van der Waals surface area contributed by atoms with E-state index in [9.17, 15) is 14.9 Å². The van der Waals surface area contributed by atoms with Gasteiger partial charge in [0.15, 0.2) is 0 Å². The Balaban J connectivity index is 3.04. The number of hydrogen-bond acceptors (Lipinski definition) is 5. The molecule has 0 fully saturated rings. The summed E-state index contributed by atoms with van der Waals surface area (Å²) in [5, 5.41) is 13.4. The first-order chi connectivity index (χ1) is 8.36. The molecular weight excluding hydrogens is 283 g/mol. The smallest absolute Gasteiger partial charge is 0.327 e. The average molecular weight is 293 g/mol. The van der Waals surface area contributed by atoms with E-state index >= 15 is 0 Å². The van der Waals surface area contributed by atoms with Gasteiger partial charge in [-0.3, -0.25) is 10.1 Å². The Morgan fingerprint density at radius 1 is 1.44 bits per heavy atom. The summed E-state index contributed by atoms with van der Waals surface area (Å²) in [5.41, 5.74) is 0.0307. The number of anilines is 1. The van der Waals surface area contributed by atoms with Crippen LogP contribution in [0.2, 0.25) is 10.0 Å². The first kappa shape index (κ1) is 14.5. The van der Waals surface area contributed by atoms with Crippen molar-refractivity contribution in [3.8, 4) is 0 Å². The van der Waals surface area contributed by atoms with Crippen LogP contribution in [0.1, 0.15) is 6.92 Å². The monoisotopic (exact) mass is 292 g/mol. The zero-order valence-corrected chi connectivity index (χ0v) is 11.1. The lowest BCUT2D eigenvalue weighted by molar-refractivity contribution is -0.384. The van der Waals surface area contributed by atoms with Crippen LogP contribution in [0.15, 0.2) is 12.1 Å². The maximum Gasteiger partial charge on any atom is 0.327 e. The number of carbonyl (C=O) groups is 1. The molecule has 1 atom stereocenters. The Hall–Kier alpha value is -1.53. The molecule has 1 N–H and O–H groups in total. The quantitative estimate of drug-likeness (QED) is 0.524. The fourth-order valence-corrected chi connectivity index (χ4v) is 1.84. The van der Waals surface area contributed by atoms with Crippen molar-refractivity contribution in [2.75, 3.05) is 12.4 Å². The van der Waals surface area contributed by atoms with Gasteiger partial charge in [0.2, 0.25) is 0 Å². The standard InChI is InChI=1S/C10H10Cl2N2O4/c1-5(10(15)18-2)13-9-7(11)3-6(14(16)17)4-8(9)12/h3-5,13H,1-2H3. The van der Waals surface area contributed by atoms with Crippen LogP contribution in [-0.2, 0) is 9.53 Å². The predicted molar refractivity (Wildman–Crippen MR) is 68.2 cm³/mol. The second-order valence-electron chi connectivity index (χ2n) is 3.43. The number of nitrogens with zero attached hydrogens (tertiary/aromatic N) is 1. The Labute approximate surface area is 113 Å². The normalized spacial score (nSPS) is 11.8. The molecule has 0 aliphatic carbocycles. The number of non-ortho nitro benzene ring substituents is 1. The molecule has 0 saturated heterocycles. The third-order valence-corrected chi connectivity index (χ3v) is 2.75. The second-order valence-corrected chi connectivity index (χ2v) is 4.25. The molecule has 0 heterocycles. The number of nitrogens with one attached hydrogen (secondary N) is 1. The molecule has 0 aliphatic rings. The van der Waals surface area contributed by atoms with Crippen LogP contribution in [0.25, 0.3) is 0 Å². The molecule has 0 spiro atoms. The summed E-state index contributed by atoms with van der Waals surface area (Å²) < 4.78 is 4.53. The maximum atomic E-state index is 11.2. The topological polar surface area (TPSA) is 81.5 Å². The van der Waals surface area contributed by atoms with Crippen molar-refractivity contribution in [3.05, 3.63) is 32.3 Å². The Morgan fingerprint density at radius 2 is 1.94 bits per heavy atom. The summed E-state index contributed by atoms with van der Waals surface area (Å²) in [6, 6.07) is 1.63. The molecule has 0 radical (unpaired) electrons. The highest BCUT2D eigenvalue weighted by Crippen LogP contribution is 2.35. The maximum absolute atomic E-state index is 11.2. The first-order valence-corrected chi connectivity index (χ1v) is 5.60. The highest BCUT2D eigenvalue weighted by molar-refractivity contribution is 6.39. The van der Waals surface area contributed by atoms with Crippen LogP contribution in [0.3, 0.4) is 0 Å². The number of benzene rings is 1. The minimum atomic E-state index is -0.675. The average Bonchev–Trinajstić information content (AvgIpc) is 2.31. The zero-order chi connectivity index (χ0) is 13.9. The molecule has 18 heavy (non-hydrogen) atoms. The molecule has 1 unspecified atom stereocenters. The lowest BCUT2D eigenvalue weighted by atomic mass is 10.2. The van der Waals surface area contributed by atoms with E-state index in [0.717, 1.165) is 12.1 Å². The third kappa shape index (κ3) is 3.24. The van der Waals surface area contributed by atoms with Crippen molar-refractivity contribution in [3.63, 3.8) is 0 Å². The van der Waals surface area contributed by atoms with Gasteiger partial charge in [0.1, 0.15) is 6.04 Å². The molecule has 0 amide bonds. The minimum absolute atomic E-state index is 0.0601. The van der Waals surface area contributed by atoms with E-state index < -0.39 is 16.9 Å². The van der Waals surface area contributed by atoms with Crippen LogP contribution in [-0.4, -0.2) is 24.0 Å². The van der Waals surface area contributed by atoms with E-state index in [1.807, 2.05) is 0 Å². The summed E-state index contributed by atoms with van der Waals surface area (Å²) in [4.78, 5) is 21.2. The number of rotatable bonds is 4. The van der Waals surface area contributed by atoms with E-state index in [2.05, 4.69) is 10.1 Å². The highest BCUT2D eigenvalue weighted by Gasteiger charge is 2.19. The van der Waals surface area contributed by atoms with Gasteiger partial charge in [-0.05, 0) is 6.92 Å². The number of hydrogen-bond donors (Lipinski definition) is 1. The molecule has 8 heteroatoms. The van der Waals surface area contributed by atoms with Crippen LogP contribution in [0.5, 0.6) is 0 Å². The number of methoxy groups -OCH3 is 1. The molecule has 98 valence electrons. The number of halogens is 2. The summed E-state index contributed by atoms with van der Waals surface area (Å²) in [6.45, 7) is 1.56. The van der Waals surface area contributed by atoms with Crippen LogP contribution in [0.4, 0.5) is 11.4 Å². The SMILES string of the molecule is COC(=O)C(C)Nc1c(Cl)cc([N+](=O)[O-])cc1Cl. The number of carbonyl (C=O) groups excluding carboxylic acids is 1. The van der Waals surface area contributed by atoms with Crippen LogP contribution < -0.4 is 5.32 Å². The molecule has 0 aromatic heterocycles. The van der Waals surface area contributed by atoms with Gasteiger partial charge in [-0.1, -0.05) is 23.2 Å². The minimum Gasteiger partial charge on any atom is -0.467 e. The number of nitro groups is 1. The number of ether oxygens (including phenoxy) is 1. The van der Waals surface area contributed by atoms with E-state index in [-0.39, 0.29) is 21.4 Å². The van der Waals surface area contributed by atoms with Gasteiger partial charge >= 0.3 is 5.97 Å². The molecular formula is C10H10Cl2N2O4. The fraction of sp³-hybridized carbons (Fsp3) is 0.300. The van der Waals surface area contributed by atoms with Gasteiger partial charge in [0.05, 0.1) is 27.8 Å². The van der Waals surface area contributed by atoms with Gasteiger partial charge in [0, 0.05) is 12.1 Å². The van der Waals surface area contributed by atoms with Crippen molar-refractivity contribution in [1.29, 1.82) is 0 Å². The Bertz CT molecular complexity index is 470. The Kier molecular flexibility index (Phi) is 4.75. The molecule has 0 bridgehead atoms. The van der Waals surface area contributed by atoms with E-state index in [0.29, 0.717) is 0 Å². The summed E-state index contributed by atoms with van der Waals surface area (Å²) in [6.07, 6.45) is 0. The summed E-state index contributed by atoms with van der Waals surface area (Å²) >= 11 is 11.7. The Morgan fingerprint density at radius 3 is 2.33 bits per heavy atom. The van der Waals surface area contributed by atoms with Gasteiger partial charge in [-0.25, -0.2) is 4.79 Å². The van der Waals surface area contributed by atoms with Crippen molar-refractivity contribution >= 4 is 40.5 Å². The molecule has 0 aliphatic heterocycles. The molecule has 1 rings (SSSR count). The van der Waals surface area contributed by atoms with Crippen LogP contribution >= 0.6 is 23.2 Å². The van der Waals surface area contributed by atoms with E-state index in [1.54, 1.807) is 6.92 Å². The van der Waals surface area contributed by atoms with Crippen molar-refractivity contribution < 1.29 is 14.5 Å². The number of esters is 1. The largest absolute Gasteiger partial charge is 0.467 e. The van der Waals surface area contributed by atoms with Crippen molar-refractivity contribution in [2.45, 2.75) is 13.0 Å². The molecule has 6 nitrogen and oxygen atoms in total. The lowest BCUT2D eigenvalue weighted by Gasteiger charge is -2.15. The first-order valence-electron chi connectivity index (χ1n) is 4.84. The van der Waals surface area contributed by atoms with Gasteiger partial charge in [0.25, 0.3) is 5.69 Å². The summed E-state index contributed by atoms with van der Waals surface area (Å²) in [5.74, 6) is -0.500. The van der Waals surface area contributed by atoms with Gasteiger partial charge in [-0.2, -0.15) is 0 Å². The second kappa shape index (κ2) is 5.88. The predicted octanol–water partition coefficient (Wildman–Crippen LogP) is 2.88. The third-order valence-electron chi connectivity index (χ3n) is 2.15. The molecule has 1 aromatic carbocycles. The highest BCUT2D eigenvalue weighted by atomic mass is 35.5. The van der Waals surface area contributed by atoms with Gasteiger partial charge in [-0.15, -0.1) is 0 Å². The van der Waals surface area contributed by atoms with Crippen LogP contribution in [0, 0.1) is 10.1 Å². The zero-order valence-electron chi connectivity index (χ0n) is 9.57. The number of nitro benzene ring substituents is 1. The van der Waals surface area contributed by atoms with Crippen molar-refractivity contribution in [2.24, 2.45) is 0 Å². The fourth-order valence-electron chi connectivity index (χ4n) is 1.26. The summed E-state index contributed by atoms with van der Waals surface area (Å²) in [7, 11) is 1.25. The lowest BCUT2D eigenvalue weighted by Crippen LogP contribution is -2.27. The van der Waals surface area contributed by atoms with E-state index in [4.69, 9.17) is 23.2 Å². The molecule has 0 saturated carbocycles. The molecule has 1 aromatic rings. The van der Waals surface area contributed by atoms with Crippen molar-refractivity contribution in [1.82, 2.24) is 0 Å². The van der Waals surface area contributed by atoms with Gasteiger partial charge < -0.3 is 10.1 Å². The van der Waals surface area contributed by atoms with E-state index in [1.165, 1.54) is 7.11 Å².